The van der Waals surface area contributed by atoms with E-state index in [2.05, 4.69) is 15.6 Å². The Bertz CT molecular complexity index is 656. The fraction of sp³-hybridized carbons (Fsp3) is 0.412. The lowest BCUT2D eigenvalue weighted by Gasteiger charge is -2.08. The van der Waals surface area contributed by atoms with Crippen LogP contribution in [0.4, 0.5) is 5.69 Å². The van der Waals surface area contributed by atoms with Crippen LogP contribution in [0.1, 0.15) is 42.5 Å². The highest BCUT2D eigenvalue weighted by atomic mass is 16.4. The zero-order valence-electron chi connectivity index (χ0n) is 14.5. The van der Waals surface area contributed by atoms with Crippen LogP contribution in [0.3, 0.4) is 0 Å². The third-order valence-electron chi connectivity index (χ3n) is 3.39. The molecule has 1 aromatic carbocycles. The number of aliphatic carboxylic acids is 1. The van der Waals surface area contributed by atoms with Gasteiger partial charge in [-0.2, -0.15) is 0 Å². The van der Waals surface area contributed by atoms with Crippen molar-refractivity contribution in [2.24, 2.45) is 16.5 Å². The van der Waals surface area contributed by atoms with Gasteiger partial charge in [0.1, 0.15) is 0 Å². The number of unbranched alkanes of at least 4 members (excludes halogenated alkanes) is 2. The molecule has 0 bridgehead atoms. The molecule has 142 valence electrons. The average molecular weight is 363 g/mol. The molecule has 7 N–H and O–H groups in total. The summed E-state index contributed by atoms with van der Waals surface area (Å²) in [4.78, 5) is 38.2. The summed E-state index contributed by atoms with van der Waals surface area (Å²) in [5.74, 6) is -1.45. The normalized spacial score (nSPS) is 10.0. The summed E-state index contributed by atoms with van der Waals surface area (Å²) < 4.78 is 0. The van der Waals surface area contributed by atoms with E-state index in [-0.39, 0.29) is 30.7 Å². The van der Waals surface area contributed by atoms with Crippen molar-refractivity contribution in [2.75, 3.05) is 18.4 Å². The number of nitrogens with two attached hydrogens (primary N) is 2. The second-order valence-electron chi connectivity index (χ2n) is 5.65. The van der Waals surface area contributed by atoms with Gasteiger partial charge in [-0.05, 0) is 31.0 Å². The Hall–Kier alpha value is -3.10. The molecule has 1 rings (SSSR count). The van der Waals surface area contributed by atoms with E-state index in [0.717, 1.165) is 12.8 Å². The summed E-state index contributed by atoms with van der Waals surface area (Å²) in [6.07, 6.45) is 2.55. The maximum absolute atomic E-state index is 11.9. The van der Waals surface area contributed by atoms with E-state index in [1.54, 1.807) is 24.3 Å². The number of guanidine groups is 1. The van der Waals surface area contributed by atoms with Gasteiger partial charge >= 0.3 is 5.97 Å². The predicted molar refractivity (Wildman–Crippen MR) is 98.8 cm³/mol. The Morgan fingerprint density at radius 2 is 1.85 bits per heavy atom. The van der Waals surface area contributed by atoms with E-state index in [1.165, 1.54) is 0 Å². The molecule has 1 aromatic rings. The Kier molecular flexibility index (Phi) is 9.23. The second kappa shape index (κ2) is 11.5. The summed E-state index contributed by atoms with van der Waals surface area (Å²) in [6, 6.07) is 6.48. The summed E-state index contributed by atoms with van der Waals surface area (Å²) in [5.41, 5.74) is 11.3. The Labute approximate surface area is 151 Å². The van der Waals surface area contributed by atoms with Crippen LogP contribution in [0.2, 0.25) is 0 Å². The van der Waals surface area contributed by atoms with Gasteiger partial charge in [-0.25, -0.2) is 0 Å². The number of anilines is 1. The fourth-order valence-corrected chi connectivity index (χ4v) is 2.13. The standard InChI is InChI=1S/C17H25N5O4/c18-17(19)21-9-3-1-2-7-14(23)22-13-6-4-5-12(11-13)16(26)20-10-8-15(24)25/h4-6,11H,1-3,7-10H2,(H,20,26)(H,22,23)(H,24,25)(H4,18,19,21). The molecule has 0 atom stereocenters. The number of carboxylic acids is 1. The van der Waals surface area contributed by atoms with Crippen molar-refractivity contribution in [1.29, 1.82) is 0 Å². The van der Waals surface area contributed by atoms with Gasteiger partial charge in [0, 0.05) is 30.8 Å². The Morgan fingerprint density at radius 3 is 2.54 bits per heavy atom. The first-order valence-corrected chi connectivity index (χ1v) is 8.34. The van der Waals surface area contributed by atoms with Gasteiger partial charge in [0.2, 0.25) is 5.91 Å². The minimum absolute atomic E-state index is 0.0462. The second-order valence-corrected chi connectivity index (χ2v) is 5.65. The number of carbonyl (C=O) groups excluding carboxylic acids is 2. The van der Waals surface area contributed by atoms with Gasteiger partial charge in [-0.15, -0.1) is 0 Å². The van der Waals surface area contributed by atoms with Crippen LogP contribution in [0, 0.1) is 0 Å². The molecule has 9 nitrogen and oxygen atoms in total. The van der Waals surface area contributed by atoms with Crippen LogP contribution in [-0.4, -0.2) is 41.9 Å². The summed E-state index contributed by atoms with van der Waals surface area (Å²) in [7, 11) is 0. The van der Waals surface area contributed by atoms with Crippen molar-refractivity contribution in [3.63, 3.8) is 0 Å². The van der Waals surface area contributed by atoms with E-state index >= 15 is 0 Å². The maximum atomic E-state index is 11.9. The molecule has 9 heteroatoms. The topological polar surface area (TPSA) is 160 Å². The van der Waals surface area contributed by atoms with Crippen LogP contribution in [0.25, 0.3) is 0 Å². The minimum atomic E-state index is -0.982. The number of carbonyl (C=O) groups is 3. The number of nitrogens with zero attached hydrogens (tertiary/aromatic N) is 1. The number of aliphatic imine (C=N–C) groups is 1. The number of benzene rings is 1. The largest absolute Gasteiger partial charge is 0.481 e. The van der Waals surface area contributed by atoms with Crippen molar-refractivity contribution < 1.29 is 19.5 Å². The molecule has 0 aliphatic carbocycles. The van der Waals surface area contributed by atoms with Crippen molar-refractivity contribution in [3.05, 3.63) is 29.8 Å². The Balaban J connectivity index is 2.38. The summed E-state index contributed by atoms with van der Waals surface area (Å²) >= 11 is 0. The van der Waals surface area contributed by atoms with Gasteiger partial charge < -0.3 is 27.2 Å². The summed E-state index contributed by atoms with van der Waals surface area (Å²) in [5, 5.41) is 13.8. The van der Waals surface area contributed by atoms with E-state index in [0.29, 0.717) is 30.6 Å². The highest BCUT2D eigenvalue weighted by Gasteiger charge is 2.08. The van der Waals surface area contributed by atoms with Crippen LogP contribution in [0.5, 0.6) is 0 Å². The minimum Gasteiger partial charge on any atom is -0.481 e. The molecule has 26 heavy (non-hydrogen) atoms. The lowest BCUT2D eigenvalue weighted by molar-refractivity contribution is -0.136. The number of hydrogen-bond acceptors (Lipinski definition) is 4. The first-order valence-electron chi connectivity index (χ1n) is 8.34. The SMILES string of the molecule is NC(N)=NCCCCCC(=O)Nc1cccc(C(=O)NCCC(=O)O)c1. The molecule has 0 saturated heterocycles. The highest BCUT2D eigenvalue weighted by molar-refractivity contribution is 5.97. The molecule has 0 heterocycles. The zero-order valence-corrected chi connectivity index (χ0v) is 14.5. The van der Waals surface area contributed by atoms with Crippen molar-refractivity contribution >= 4 is 29.4 Å². The number of rotatable bonds is 11. The van der Waals surface area contributed by atoms with Crippen LogP contribution < -0.4 is 22.1 Å². The number of carboxylic acid groups (broad SMARTS) is 1. The molecule has 0 saturated carbocycles. The molecule has 0 radical (unpaired) electrons. The molecule has 0 fully saturated rings. The first kappa shape index (κ1) is 20.9. The third-order valence-corrected chi connectivity index (χ3v) is 3.39. The van der Waals surface area contributed by atoms with E-state index < -0.39 is 5.97 Å². The molecular formula is C17H25N5O4. The number of amides is 2. The quantitative estimate of drug-likeness (QED) is 0.220. The van der Waals surface area contributed by atoms with Crippen LogP contribution >= 0.6 is 0 Å². The first-order chi connectivity index (χ1) is 12.4. The van der Waals surface area contributed by atoms with Crippen molar-refractivity contribution in [2.45, 2.75) is 32.1 Å². The Morgan fingerprint density at radius 1 is 1.08 bits per heavy atom. The monoisotopic (exact) mass is 363 g/mol. The van der Waals surface area contributed by atoms with Gasteiger partial charge in [0.25, 0.3) is 5.91 Å². The molecule has 0 unspecified atom stereocenters. The van der Waals surface area contributed by atoms with E-state index in [1.807, 2.05) is 0 Å². The molecule has 0 spiro atoms. The van der Waals surface area contributed by atoms with Gasteiger partial charge in [0.15, 0.2) is 5.96 Å². The van der Waals surface area contributed by atoms with Gasteiger partial charge in [0.05, 0.1) is 6.42 Å². The molecular weight excluding hydrogens is 338 g/mol. The third kappa shape index (κ3) is 9.26. The zero-order chi connectivity index (χ0) is 19.4. The average Bonchev–Trinajstić information content (AvgIpc) is 2.57. The predicted octanol–water partition coefficient (Wildman–Crippen LogP) is 0.663. The molecule has 0 aromatic heterocycles. The lowest BCUT2D eigenvalue weighted by atomic mass is 10.1. The highest BCUT2D eigenvalue weighted by Crippen LogP contribution is 2.12. The maximum Gasteiger partial charge on any atom is 0.305 e. The van der Waals surface area contributed by atoms with Crippen molar-refractivity contribution in [1.82, 2.24) is 5.32 Å². The van der Waals surface area contributed by atoms with Crippen LogP contribution in [-0.2, 0) is 9.59 Å². The number of nitrogens with one attached hydrogen (secondary N) is 2. The molecule has 0 aliphatic rings. The lowest BCUT2D eigenvalue weighted by Crippen LogP contribution is -2.26. The fourth-order valence-electron chi connectivity index (χ4n) is 2.13. The summed E-state index contributed by atoms with van der Waals surface area (Å²) in [6.45, 7) is 0.591. The number of hydrogen-bond donors (Lipinski definition) is 5. The van der Waals surface area contributed by atoms with E-state index in [4.69, 9.17) is 16.6 Å². The van der Waals surface area contributed by atoms with Gasteiger partial charge in [-0.1, -0.05) is 12.5 Å². The smallest absolute Gasteiger partial charge is 0.305 e. The van der Waals surface area contributed by atoms with Crippen LogP contribution in [0.15, 0.2) is 29.3 Å². The van der Waals surface area contributed by atoms with Gasteiger partial charge in [-0.3, -0.25) is 19.4 Å². The van der Waals surface area contributed by atoms with E-state index in [9.17, 15) is 14.4 Å². The molecule has 0 aliphatic heterocycles. The molecule has 2 amide bonds. The van der Waals surface area contributed by atoms with Crippen molar-refractivity contribution in [3.8, 4) is 0 Å².